The molecule has 134 valence electrons. The monoisotopic (exact) mass is 369 g/mol. The van der Waals surface area contributed by atoms with Gasteiger partial charge in [0.1, 0.15) is 24.3 Å². The van der Waals surface area contributed by atoms with Crippen LogP contribution in [0, 0.1) is 11.8 Å². The lowest BCUT2D eigenvalue weighted by Gasteiger charge is -2.24. The lowest BCUT2D eigenvalue weighted by molar-refractivity contribution is -0.156. The number of carbonyl (C=O) groups excluding carboxylic acids is 2. The minimum Gasteiger partial charge on any atom is -0.458 e. The molecule has 5 atom stereocenters. The first-order valence-electron chi connectivity index (χ1n) is 7.16. The number of fused-ring (bicyclic) bond motifs is 1. The normalized spacial score (nSPS) is 35.7. The Bertz CT molecular complexity index is 703. The number of esters is 1. The Kier molecular flexibility index (Phi) is 3.91. The molecule has 3 aliphatic rings. The van der Waals surface area contributed by atoms with Crippen LogP contribution in [0.15, 0.2) is 12.2 Å². The number of rotatable bonds is 4. The first-order valence-corrected chi connectivity index (χ1v) is 8.63. The zero-order valence-corrected chi connectivity index (χ0v) is 13.0. The van der Waals surface area contributed by atoms with Gasteiger partial charge in [0.15, 0.2) is 0 Å². The molecule has 0 radical (unpaired) electrons. The van der Waals surface area contributed by atoms with Crippen LogP contribution in [-0.4, -0.2) is 50.5 Å². The van der Waals surface area contributed by atoms with E-state index >= 15 is 0 Å². The van der Waals surface area contributed by atoms with Crippen molar-refractivity contribution in [2.24, 2.45) is 11.8 Å². The molecule has 2 aliphatic carbocycles. The van der Waals surface area contributed by atoms with Crippen molar-refractivity contribution in [3.63, 3.8) is 0 Å². The van der Waals surface area contributed by atoms with Crippen molar-refractivity contribution in [2.45, 2.75) is 36.5 Å². The largest absolute Gasteiger partial charge is 0.458 e. The first kappa shape index (κ1) is 17.2. The van der Waals surface area contributed by atoms with E-state index in [-0.39, 0.29) is 11.8 Å². The fourth-order valence-electron chi connectivity index (χ4n) is 3.63. The highest BCUT2D eigenvalue weighted by Gasteiger charge is 2.65. The molecule has 11 heteroatoms. The summed E-state index contributed by atoms with van der Waals surface area (Å²) < 4.78 is 70.5. The molecule has 1 N–H and O–H groups in total. The summed E-state index contributed by atoms with van der Waals surface area (Å²) in [6, 6.07) is 0. The molecule has 3 rings (SSSR count). The number of hydrogen-bond donors (Lipinski definition) is 1. The topological polar surface area (TPSA) is 98.8 Å². The number of amides is 1. The van der Waals surface area contributed by atoms with Crippen molar-refractivity contribution in [3.8, 4) is 0 Å². The highest BCUT2D eigenvalue weighted by molar-refractivity contribution is 7.87. The summed E-state index contributed by atoms with van der Waals surface area (Å²) in [5.74, 6) is -2.86. The Morgan fingerprint density at radius 2 is 1.96 bits per heavy atom. The standard InChI is InChI=1S/C13H14F3NO6S/c1-5(13(14,15)16)12(19)17-4-9(18)22-10-6-2-7-8(3-6)24(20,21)23-11(7)10/h6-8,10-11H,1-4H2,(H,17,19). The second kappa shape index (κ2) is 5.45. The van der Waals surface area contributed by atoms with Gasteiger partial charge in [0.2, 0.25) is 0 Å². The molecule has 0 aromatic carbocycles. The quantitative estimate of drug-likeness (QED) is 0.434. The number of halogens is 3. The summed E-state index contributed by atoms with van der Waals surface area (Å²) in [6.07, 6.45) is -5.51. The summed E-state index contributed by atoms with van der Waals surface area (Å²) >= 11 is 0. The van der Waals surface area contributed by atoms with Gasteiger partial charge in [-0.15, -0.1) is 0 Å². The van der Waals surface area contributed by atoms with Crippen LogP contribution in [-0.2, 0) is 28.6 Å². The predicted molar refractivity (Wildman–Crippen MR) is 71.9 cm³/mol. The zero-order valence-electron chi connectivity index (χ0n) is 12.2. The Balaban J connectivity index is 1.54. The third-order valence-electron chi connectivity index (χ3n) is 4.69. The van der Waals surface area contributed by atoms with Crippen LogP contribution in [0.4, 0.5) is 13.2 Å². The van der Waals surface area contributed by atoms with Gasteiger partial charge in [-0.3, -0.25) is 13.8 Å². The third-order valence-corrected chi connectivity index (χ3v) is 6.47. The predicted octanol–water partition coefficient (Wildman–Crippen LogP) is 0.270. The van der Waals surface area contributed by atoms with Gasteiger partial charge >= 0.3 is 12.1 Å². The molecule has 24 heavy (non-hydrogen) atoms. The van der Waals surface area contributed by atoms with Gasteiger partial charge in [0, 0.05) is 11.8 Å². The summed E-state index contributed by atoms with van der Waals surface area (Å²) in [4.78, 5) is 23.0. The number of carbonyl (C=O) groups is 2. The van der Waals surface area contributed by atoms with E-state index in [4.69, 9.17) is 8.92 Å². The maximum Gasteiger partial charge on any atom is 0.421 e. The Morgan fingerprint density at radius 3 is 2.58 bits per heavy atom. The Labute approximate surface area is 135 Å². The van der Waals surface area contributed by atoms with Crippen LogP contribution in [0.25, 0.3) is 0 Å². The van der Waals surface area contributed by atoms with E-state index in [1.54, 1.807) is 5.32 Å². The summed E-state index contributed by atoms with van der Waals surface area (Å²) in [6.45, 7) is 1.84. The molecule has 7 nitrogen and oxygen atoms in total. The fraction of sp³-hybridized carbons (Fsp3) is 0.692. The first-order chi connectivity index (χ1) is 11.0. The van der Waals surface area contributed by atoms with Gasteiger partial charge in [0.25, 0.3) is 16.0 Å². The molecule has 2 saturated carbocycles. The number of ether oxygens (including phenoxy) is 1. The minimum absolute atomic E-state index is 0.160. The highest BCUT2D eigenvalue weighted by Crippen LogP contribution is 2.55. The van der Waals surface area contributed by atoms with Gasteiger partial charge < -0.3 is 10.1 Å². The van der Waals surface area contributed by atoms with Crippen LogP contribution < -0.4 is 5.32 Å². The third kappa shape index (κ3) is 2.79. The number of alkyl halides is 3. The van der Waals surface area contributed by atoms with Crippen molar-refractivity contribution in [1.29, 1.82) is 0 Å². The van der Waals surface area contributed by atoms with E-state index in [0.717, 1.165) is 0 Å². The van der Waals surface area contributed by atoms with E-state index in [2.05, 4.69) is 6.58 Å². The maximum absolute atomic E-state index is 12.3. The van der Waals surface area contributed by atoms with Crippen LogP contribution >= 0.6 is 0 Å². The molecule has 1 saturated heterocycles. The molecule has 0 aromatic rings. The highest BCUT2D eigenvalue weighted by atomic mass is 32.2. The van der Waals surface area contributed by atoms with Crippen molar-refractivity contribution in [1.82, 2.24) is 5.32 Å². The van der Waals surface area contributed by atoms with Gasteiger partial charge in [0.05, 0.1) is 5.25 Å². The van der Waals surface area contributed by atoms with Gasteiger partial charge in [-0.05, 0) is 12.8 Å². The second-order valence-electron chi connectivity index (χ2n) is 6.10. The summed E-state index contributed by atoms with van der Waals surface area (Å²) in [5, 5.41) is 1.20. The van der Waals surface area contributed by atoms with Crippen LogP contribution in [0.2, 0.25) is 0 Å². The Hall–Kier alpha value is -1.62. The van der Waals surface area contributed by atoms with Crippen molar-refractivity contribution >= 4 is 22.0 Å². The Morgan fingerprint density at radius 1 is 1.29 bits per heavy atom. The molecule has 0 spiro atoms. The second-order valence-corrected chi connectivity index (χ2v) is 7.88. The van der Waals surface area contributed by atoms with Crippen molar-refractivity contribution in [3.05, 3.63) is 12.2 Å². The number of nitrogens with one attached hydrogen (secondary N) is 1. The van der Waals surface area contributed by atoms with E-state index in [1.807, 2.05) is 0 Å². The van der Waals surface area contributed by atoms with E-state index < -0.39 is 57.7 Å². The molecule has 3 fully saturated rings. The van der Waals surface area contributed by atoms with E-state index in [9.17, 15) is 31.2 Å². The number of hydrogen-bond acceptors (Lipinski definition) is 6. The lowest BCUT2D eigenvalue weighted by Crippen LogP contribution is -2.41. The maximum atomic E-state index is 12.3. The smallest absolute Gasteiger partial charge is 0.421 e. The van der Waals surface area contributed by atoms with Crippen LogP contribution in [0.5, 0.6) is 0 Å². The molecular weight excluding hydrogens is 355 g/mol. The van der Waals surface area contributed by atoms with Gasteiger partial charge in [-0.25, -0.2) is 0 Å². The van der Waals surface area contributed by atoms with E-state index in [0.29, 0.717) is 12.8 Å². The molecule has 0 aromatic heterocycles. The molecule has 5 unspecified atom stereocenters. The summed E-state index contributed by atoms with van der Waals surface area (Å²) in [5.41, 5.74) is -1.62. The minimum atomic E-state index is -4.89. The van der Waals surface area contributed by atoms with E-state index in [1.165, 1.54) is 0 Å². The lowest BCUT2D eigenvalue weighted by atomic mass is 9.94. The molecule has 1 amide bonds. The molecule has 1 heterocycles. The van der Waals surface area contributed by atoms with Crippen LogP contribution in [0.1, 0.15) is 12.8 Å². The van der Waals surface area contributed by atoms with Crippen molar-refractivity contribution < 1.29 is 40.1 Å². The molecular formula is C13H14F3NO6S. The molecule has 1 aliphatic heterocycles. The van der Waals surface area contributed by atoms with Gasteiger partial charge in [-0.1, -0.05) is 6.58 Å². The SMILES string of the molecule is C=C(C(=O)NCC(=O)OC1C2CC3C1OS(=O)(=O)C3C2)C(F)(F)F. The van der Waals surface area contributed by atoms with Gasteiger partial charge in [-0.2, -0.15) is 21.6 Å². The fourth-order valence-corrected chi connectivity index (χ4v) is 5.51. The zero-order chi connectivity index (χ0) is 17.9. The average Bonchev–Trinajstić information content (AvgIpc) is 3.07. The van der Waals surface area contributed by atoms with Crippen LogP contribution in [0.3, 0.4) is 0 Å². The molecule has 2 bridgehead atoms. The average molecular weight is 369 g/mol. The van der Waals surface area contributed by atoms with Crippen molar-refractivity contribution in [2.75, 3.05) is 6.54 Å². The summed E-state index contributed by atoms with van der Waals surface area (Å²) in [7, 11) is -3.65.